The number of Topliss-reactive ketones (excluding diaryl/α,β-unsaturated/α-hetero) is 1. The Balaban J connectivity index is 1.55. The van der Waals surface area contributed by atoms with Crippen molar-refractivity contribution in [2.45, 2.75) is 63.4 Å². The Labute approximate surface area is 191 Å². The van der Waals surface area contributed by atoms with E-state index in [0.717, 1.165) is 31.4 Å². The molecule has 1 aromatic heterocycles. The summed E-state index contributed by atoms with van der Waals surface area (Å²) in [5.74, 6) is -1.29. The van der Waals surface area contributed by atoms with Gasteiger partial charge in [0.1, 0.15) is 11.9 Å². The van der Waals surface area contributed by atoms with E-state index in [1.54, 1.807) is 23.5 Å². The molecule has 0 saturated heterocycles. The van der Waals surface area contributed by atoms with E-state index in [4.69, 9.17) is 4.74 Å². The third-order valence-electron chi connectivity index (χ3n) is 6.75. The number of halogens is 1. The summed E-state index contributed by atoms with van der Waals surface area (Å²) in [6.07, 6.45) is 4.83. The highest BCUT2D eigenvalue weighted by Crippen LogP contribution is 2.46. The minimum atomic E-state index is -0.618. The minimum absolute atomic E-state index is 0.00470. The monoisotopic (exact) mass is 451 g/mol. The number of hydrogen-bond donors (Lipinski definition) is 1. The van der Waals surface area contributed by atoms with Crippen LogP contribution in [0.5, 0.6) is 0 Å². The molecule has 3 aliphatic rings. The van der Waals surface area contributed by atoms with Crippen LogP contribution in [0.3, 0.4) is 0 Å². The lowest BCUT2D eigenvalue weighted by Gasteiger charge is -2.36. The summed E-state index contributed by atoms with van der Waals surface area (Å²) in [5.41, 5.74) is 3.13. The molecule has 0 spiro atoms. The van der Waals surface area contributed by atoms with Gasteiger partial charge in [0.25, 0.3) is 0 Å². The number of hydrogen-bond acceptors (Lipinski definition) is 5. The molecule has 1 aromatic carbocycles. The Kier molecular flexibility index (Phi) is 5.72. The first-order chi connectivity index (χ1) is 15.5. The SMILES string of the molecule is CC1=C(C(=O)OC2CCCC2)[C@@H](c2cccc(F)c2)C2=C(C[C@@H](c3cccs3)CC2=O)N1. The molecule has 1 N–H and O–H groups in total. The van der Waals surface area contributed by atoms with Crippen LogP contribution < -0.4 is 5.32 Å². The fourth-order valence-electron chi connectivity index (χ4n) is 5.27. The van der Waals surface area contributed by atoms with Crippen molar-refractivity contribution >= 4 is 23.1 Å². The largest absolute Gasteiger partial charge is 0.459 e. The molecule has 0 amide bonds. The number of carbonyl (C=O) groups is 2. The quantitative estimate of drug-likeness (QED) is 0.603. The van der Waals surface area contributed by atoms with Gasteiger partial charge in [0.2, 0.25) is 0 Å². The minimum Gasteiger partial charge on any atom is -0.459 e. The Morgan fingerprint density at radius 3 is 2.69 bits per heavy atom. The number of nitrogens with one attached hydrogen (secondary N) is 1. The number of thiophene rings is 1. The number of esters is 1. The van der Waals surface area contributed by atoms with E-state index in [2.05, 4.69) is 11.4 Å². The van der Waals surface area contributed by atoms with Crippen molar-refractivity contribution in [2.24, 2.45) is 0 Å². The molecule has 2 heterocycles. The van der Waals surface area contributed by atoms with Gasteiger partial charge in [-0.15, -0.1) is 11.3 Å². The molecule has 2 atom stereocenters. The number of rotatable bonds is 4. The van der Waals surface area contributed by atoms with Crippen LogP contribution in [0.2, 0.25) is 0 Å². The predicted octanol–water partition coefficient (Wildman–Crippen LogP) is 5.73. The zero-order valence-corrected chi connectivity index (χ0v) is 18.8. The maximum absolute atomic E-state index is 14.2. The topological polar surface area (TPSA) is 55.4 Å². The molecule has 0 radical (unpaired) electrons. The molecule has 1 saturated carbocycles. The third kappa shape index (κ3) is 3.92. The Morgan fingerprint density at radius 1 is 1.16 bits per heavy atom. The zero-order chi connectivity index (χ0) is 22.2. The van der Waals surface area contributed by atoms with E-state index in [1.165, 1.54) is 17.0 Å². The van der Waals surface area contributed by atoms with Crippen LogP contribution >= 0.6 is 11.3 Å². The number of benzene rings is 1. The van der Waals surface area contributed by atoms with Crippen molar-refractivity contribution in [3.8, 4) is 0 Å². The Bertz CT molecular complexity index is 1110. The van der Waals surface area contributed by atoms with Crippen molar-refractivity contribution in [1.82, 2.24) is 5.32 Å². The molecule has 32 heavy (non-hydrogen) atoms. The Morgan fingerprint density at radius 2 is 1.97 bits per heavy atom. The van der Waals surface area contributed by atoms with Gasteiger partial charge in [-0.25, -0.2) is 9.18 Å². The maximum Gasteiger partial charge on any atom is 0.337 e. The lowest BCUT2D eigenvalue weighted by atomic mass is 9.72. The van der Waals surface area contributed by atoms with Gasteiger partial charge < -0.3 is 10.1 Å². The number of ether oxygens (including phenoxy) is 1. The average Bonchev–Trinajstić information content (AvgIpc) is 3.47. The molecule has 0 bridgehead atoms. The summed E-state index contributed by atoms with van der Waals surface area (Å²) in [6, 6.07) is 10.3. The Hall–Kier alpha value is -2.73. The standard InChI is InChI=1S/C26H26FNO3S/c1-15-23(26(30)31-19-8-2-3-9-19)24(16-6-4-7-18(27)12-16)25-20(28-15)13-17(14-21(25)29)22-10-5-11-32-22/h4-7,10-12,17,19,24,28H,2-3,8-9,13-14H2,1H3/t17-,24-/m1/s1. The summed E-state index contributed by atoms with van der Waals surface area (Å²) < 4.78 is 20.0. The molecule has 1 aliphatic heterocycles. The summed E-state index contributed by atoms with van der Waals surface area (Å²) >= 11 is 1.66. The summed E-state index contributed by atoms with van der Waals surface area (Å²) in [6.45, 7) is 1.85. The number of allylic oxidation sites excluding steroid dienone is 3. The highest BCUT2D eigenvalue weighted by atomic mass is 32.1. The molecule has 5 rings (SSSR count). The van der Waals surface area contributed by atoms with E-state index in [0.29, 0.717) is 35.2 Å². The molecule has 6 heteroatoms. The van der Waals surface area contributed by atoms with Crippen LogP contribution in [0.25, 0.3) is 0 Å². The van der Waals surface area contributed by atoms with Gasteiger partial charge in [0.05, 0.1) is 5.57 Å². The van der Waals surface area contributed by atoms with Crippen molar-refractivity contribution in [3.05, 3.63) is 80.6 Å². The van der Waals surface area contributed by atoms with Gasteiger partial charge in [0.15, 0.2) is 5.78 Å². The van der Waals surface area contributed by atoms with Crippen molar-refractivity contribution in [1.29, 1.82) is 0 Å². The molecule has 166 valence electrons. The summed E-state index contributed by atoms with van der Waals surface area (Å²) in [4.78, 5) is 28.0. The lowest BCUT2D eigenvalue weighted by molar-refractivity contribution is -0.144. The van der Waals surface area contributed by atoms with Crippen LogP contribution in [0.1, 0.15) is 67.7 Å². The lowest BCUT2D eigenvalue weighted by Crippen LogP contribution is -2.36. The van der Waals surface area contributed by atoms with Crippen LogP contribution in [-0.4, -0.2) is 17.9 Å². The van der Waals surface area contributed by atoms with E-state index in [-0.39, 0.29) is 23.6 Å². The van der Waals surface area contributed by atoms with Crippen LogP contribution in [0.4, 0.5) is 4.39 Å². The van der Waals surface area contributed by atoms with E-state index in [9.17, 15) is 14.0 Å². The number of ketones is 1. The third-order valence-corrected chi connectivity index (χ3v) is 7.79. The normalized spacial score (nSPS) is 23.9. The zero-order valence-electron chi connectivity index (χ0n) is 18.0. The molecule has 4 nitrogen and oxygen atoms in total. The summed E-state index contributed by atoms with van der Waals surface area (Å²) in [5, 5.41) is 5.38. The van der Waals surface area contributed by atoms with Crippen molar-refractivity contribution in [2.75, 3.05) is 0 Å². The fourth-order valence-corrected chi connectivity index (χ4v) is 6.11. The maximum atomic E-state index is 14.2. The van der Waals surface area contributed by atoms with Gasteiger partial charge >= 0.3 is 5.97 Å². The van der Waals surface area contributed by atoms with Gasteiger partial charge in [-0.1, -0.05) is 18.2 Å². The van der Waals surface area contributed by atoms with E-state index < -0.39 is 11.9 Å². The highest BCUT2D eigenvalue weighted by Gasteiger charge is 2.42. The molecular formula is C26H26FNO3S. The second kappa shape index (κ2) is 8.66. The van der Waals surface area contributed by atoms with Crippen molar-refractivity contribution in [3.63, 3.8) is 0 Å². The molecule has 2 aromatic rings. The highest BCUT2D eigenvalue weighted by molar-refractivity contribution is 7.10. The van der Waals surface area contributed by atoms with Gasteiger partial charge in [0, 0.05) is 40.1 Å². The molecule has 1 fully saturated rings. The second-order valence-corrected chi connectivity index (χ2v) is 9.88. The fraction of sp³-hybridized carbons (Fsp3) is 0.385. The van der Waals surface area contributed by atoms with Crippen LogP contribution in [0.15, 0.2) is 64.3 Å². The first-order valence-electron chi connectivity index (χ1n) is 11.2. The first kappa shape index (κ1) is 21.1. The van der Waals surface area contributed by atoms with E-state index in [1.807, 2.05) is 18.4 Å². The predicted molar refractivity (Wildman–Crippen MR) is 122 cm³/mol. The molecule has 0 unspecified atom stereocenters. The molecular weight excluding hydrogens is 425 g/mol. The number of carbonyl (C=O) groups excluding carboxylic acids is 2. The summed E-state index contributed by atoms with van der Waals surface area (Å²) in [7, 11) is 0. The number of dihydropyridines is 1. The smallest absolute Gasteiger partial charge is 0.337 e. The van der Waals surface area contributed by atoms with Gasteiger partial charge in [-0.3, -0.25) is 4.79 Å². The van der Waals surface area contributed by atoms with Crippen LogP contribution in [0, 0.1) is 5.82 Å². The van der Waals surface area contributed by atoms with E-state index >= 15 is 0 Å². The van der Waals surface area contributed by atoms with Gasteiger partial charge in [-0.2, -0.15) is 0 Å². The second-order valence-electron chi connectivity index (χ2n) is 8.90. The first-order valence-corrected chi connectivity index (χ1v) is 12.1. The average molecular weight is 452 g/mol. The van der Waals surface area contributed by atoms with Crippen molar-refractivity contribution < 1.29 is 18.7 Å². The van der Waals surface area contributed by atoms with Gasteiger partial charge in [-0.05, 0) is 68.2 Å². The van der Waals surface area contributed by atoms with Crippen LogP contribution in [-0.2, 0) is 14.3 Å². The molecule has 2 aliphatic carbocycles.